The van der Waals surface area contributed by atoms with Crippen LogP contribution in [0.1, 0.15) is 11.1 Å². The summed E-state index contributed by atoms with van der Waals surface area (Å²) in [5.74, 6) is -0.637. The van der Waals surface area contributed by atoms with E-state index in [9.17, 15) is 14.5 Å². The van der Waals surface area contributed by atoms with Crippen LogP contribution in [0.5, 0.6) is 0 Å². The summed E-state index contributed by atoms with van der Waals surface area (Å²) in [7, 11) is 0. The smallest absolute Gasteiger partial charge is 0.274 e. The van der Waals surface area contributed by atoms with Crippen LogP contribution in [0, 0.1) is 29.8 Å². The van der Waals surface area contributed by atoms with Gasteiger partial charge in [0.2, 0.25) is 0 Å². The van der Waals surface area contributed by atoms with Crippen molar-refractivity contribution in [3.8, 4) is 0 Å². The lowest BCUT2D eigenvalue weighted by molar-refractivity contribution is -0.385. The molecule has 19 heavy (non-hydrogen) atoms. The summed E-state index contributed by atoms with van der Waals surface area (Å²) in [5.41, 5.74) is 3.01. The van der Waals surface area contributed by atoms with Crippen LogP contribution in [-0.2, 0) is 0 Å². The number of nitro groups is 1. The molecule has 1 N–H and O–H groups in total. The Kier molecular flexibility index (Phi) is 3.46. The van der Waals surface area contributed by atoms with Crippen molar-refractivity contribution < 1.29 is 9.31 Å². The topological polar surface area (TPSA) is 55.2 Å². The number of nitrogens with zero attached hydrogens (tertiary/aromatic N) is 1. The molecule has 0 aromatic heterocycles. The normalized spacial score (nSPS) is 10.3. The maximum absolute atomic E-state index is 13.3. The van der Waals surface area contributed by atoms with Gasteiger partial charge in [-0.3, -0.25) is 10.1 Å². The molecule has 0 heterocycles. The summed E-state index contributed by atoms with van der Waals surface area (Å²) in [6.45, 7) is 3.90. The molecule has 0 atom stereocenters. The molecular weight excluding hydrogens is 247 g/mol. The van der Waals surface area contributed by atoms with E-state index in [1.54, 1.807) is 0 Å². The van der Waals surface area contributed by atoms with Gasteiger partial charge in [-0.2, -0.15) is 0 Å². The first kappa shape index (κ1) is 13.0. The van der Waals surface area contributed by atoms with Crippen LogP contribution in [0.4, 0.5) is 21.5 Å². The quantitative estimate of drug-likeness (QED) is 0.667. The summed E-state index contributed by atoms with van der Waals surface area (Å²) in [6, 6.07) is 9.12. The number of hydrogen-bond acceptors (Lipinski definition) is 3. The Bertz CT molecular complexity index is 641. The third-order valence-electron chi connectivity index (χ3n) is 2.98. The van der Waals surface area contributed by atoms with Crippen LogP contribution in [0.3, 0.4) is 0 Å². The molecule has 0 fully saturated rings. The molecule has 2 aromatic rings. The fourth-order valence-corrected chi connectivity index (χ4v) is 1.79. The molecule has 0 aliphatic heterocycles. The Balaban J connectivity index is 2.38. The number of benzene rings is 2. The molecule has 0 saturated carbocycles. The first-order valence-corrected chi connectivity index (χ1v) is 5.75. The minimum atomic E-state index is -0.637. The summed E-state index contributed by atoms with van der Waals surface area (Å²) >= 11 is 0. The van der Waals surface area contributed by atoms with E-state index in [-0.39, 0.29) is 5.69 Å². The number of halogens is 1. The predicted molar refractivity (Wildman–Crippen MR) is 72.3 cm³/mol. The van der Waals surface area contributed by atoms with E-state index in [0.29, 0.717) is 5.69 Å². The number of non-ortho nitro benzene ring substituents is 1. The van der Waals surface area contributed by atoms with Crippen LogP contribution >= 0.6 is 0 Å². The number of rotatable bonds is 3. The van der Waals surface area contributed by atoms with Crippen molar-refractivity contribution >= 4 is 17.1 Å². The SMILES string of the molecule is Cc1cccc(Nc2cc(F)cc([N+](=O)[O-])c2)c1C. The van der Waals surface area contributed by atoms with Crippen LogP contribution in [0.2, 0.25) is 0 Å². The maximum atomic E-state index is 13.3. The summed E-state index contributed by atoms with van der Waals surface area (Å²) < 4.78 is 13.3. The van der Waals surface area contributed by atoms with Crippen molar-refractivity contribution in [1.29, 1.82) is 0 Å². The van der Waals surface area contributed by atoms with E-state index in [1.807, 2.05) is 32.0 Å². The van der Waals surface area contributed by atoms with E-state index >= 15 is 0 Å². The Hall–Kier alpha value is -2.43. The minimum absolute atomic E-state index is 0.271. The molecule has 0 saturated heterocycles. The Labute approximate surface area is 110 Å². The van der Waals surface area contributed by atoms with E-state index in [2.05, 4.69) is 5.32 Å². The highest BCUT2D eigenvalue weighted by Crippen LogP contribution is 2.26. The monoisotopic (exact) mass is 260 g/mol. The van der Waals surface area contributed by atoms with Crippen LogP contribution in [0.15, 0.2) is 36.4 Å². The van der Waals surface area contributed by atoms with E-state index in [4.69, 9.17) is 0 Å². The van der Waals surface area contributed by atoms with Gasteiger partial charge in [-0.15, -0.1) is 0 Å². The molecule has 0 bridgehead atoms. The molecule has 0 unspecified atom stereocenters. The molecule has 0 spiro atoms. The zero-order valence-electron chi connectivity index (χ0n) is 10.6. The largest absolute Gasteiger partial charge is 0.355 e. The zero-order chi connectivity index (χ0) is 14.0. The van der Waals surface area contributed by atoms with E-state index < -0.39 is 10.7 Å². The van der Waals surface area contributed by atoms with Crippen molar-refractivity contribution in [3.05, 3.63) is 63.5 Å². The predicted octanol–water partition coefficient (Wildman–Crippen LogP) is 4.09. The number of anilines is 2. The average Bonchev–Trinajstić information content (AvgIpc) is 2.34. The Morgan fingerprint density at radius 2 is 1.95 bits per heavy atom. The van der Waals surface area contributed by atoms with Gasteiger partial charge in [0.15, 0.2) is 0 Å². The number of nitrogens with one attached hydrogen (secondary N) is 1. The summed E-state index contributed by atoms with van der Waals surface area (Å²) in [6.07, 6.45) is 0. The highest BCUT2D eigenvalue weighted by Gasteiger charge is 2.10. The third-order valence-corrected chi connectivity index (χ3v) is 2.98. The molecule has 0 aliphatic carbocycles. The lowest BCUT2D eigenvalue weighted by Gasteiger charge is -2.11. The van der Waals surface area contributed by atoms with Gasteiger partial charge in [-0.25, -0.2) is 4.39 Å². The number of hydrogen-bond donors (Lipinski definition) is 1. The lowest BCUT2D eigenvalue weighted by Crippen LogP contribution is -1.97. The second kappa shape index (κ2) is 5.06. The van der Waals surface area contributed by atoms with Gasteiger partial charge in [0.1, 0.15) is 5.82 Å². The van der Waals surface area contributed by atoms with Gasteiger partial charge in [0.25, 0.3) is 5.69 Å². The molecule has 2 rings (SSSR count). The average molecular weight is 260 g/mol. The molecule has 4 nitrogen and oxygen atoms in total. The fourth-order valence-electron chi connectivity index (χ4n) is 1.79. The second-order valence-corrected chi connectivity index (χ2v) is 4.33. The van der Waals surface area contributed by atoms with E-state index in [1.165, 1.54) is 12.1 Å². The van der Waals surface area contributed by atoms with Crippen molar-refractivity contribution in [2.75, 3.05) is 5.32 Å². The van der Waals surface area contributed by atoms with E-state index in [0.717, 1.165) is 22.9 Å². The van der Waals surface area contributed by atoms with Gasteiger partial charge < -0.3 is 5.32 Å². The van der Waals surface area contributed by atoms with Gasteiger partial charge in [-0.05, 0) is 37.1 Å². The summed E-state index contributed by atoms with van der Waals surface area (Å²) in [5, 5.41) is 13.7. The fraction of sp³-hybridized carbons (Fsp3) is 0.143. The van der Waals surface area contributed by atoms with Crippen molar-refractivity contribution in [1.82, 2.24) is 0 Å². The molecular formula is C14H13FN2O2. The molecule has 98 valence electrons. The molecule has 0 amide bonds. The van der Waals surface area contributed by atoms with Crippen LogP contribution in [0.25, 0.3) is 0 Å². The molecule has 0 radical (unpaired) electrons. The van der Waals surface area contributed by atoms with Crippen LogP contribution < -0.4 is 5.32 Å². The molecule has 5 heteroatoms. The minimum Gasteiger partial charge on any atom is -0.355 e. The van der Waals surface area contributed by atoms with Gasteiger partial charge in [0, 0.05) is 17.4 Å². The third kappa shape index (κ3) is 2.88. The lowest BCUT2D eigenvalue weighted by atomic mass is 10.1. The Morgan fingerprint density at radius 1 is 1.21 bits per heavy atom. The first-order valence-electron chi connectivity index (χ1n) is 5.75. The van der Waals surface area contributed by atoms with Crippen molar-refractivity contribution in [3.63, 3.8) is 0 Å². The standard InChI is InChI=1S/C14H13FN2O2/c1-9-4-3-5-14(10(9)2)16-12-6-11(15)7-13(8-12)17(18)19/h3-8,16H,1-2H3. The Morgan fingerprint density at radius 3 is 2.63 bits per heavy atom. The molecule has 0 aliphatic rings. The number of nitro benzene ring substituents is 1. The second-order valence-electron chi connectivity index (χ2n) is 4.33. The molecule has 2 aromatic carbocycles. The van der Waals surface area contributed by atoms with Crippen molar-refractivity contribution in [2.45, 2.75) is 13.8 Å². The van der Waals surface area contributed by atoms with Gasteiger partial charge in [0.05, 0.1) is 11.0 Å². The summed E-state index contributed by atoms with van der Waals surface area (Å²) in [4.78, 5) is 10.1. The maximum Gasteiger partial charge on any atom is 0.274 e. The van der Waals surface area contributed by atoms with Gasteiger partial charge >= 0.3 is 0 Å². The first-order chi connectivity index (χ1) is 8.97. The van der Waals surface area contributed by atoms with Gasteiger partial charge in [-0.1, -0.05) is 12.1 Å². The van der Waals surface area contributed by atoms with Crippen LogP contribution in [-0.4, -0.2) is 4.92 Å². The highest BCUT2D eigenvalue weighted by atomic mass is 19.1. The highest BCUT2D eigenvalue weighted by molar-refractivity contribution is 5.66. The zero-order valence-corrected chi connectivity index (χ0v) is 10.6. The van der Waals surface area contributed by atoms with Crippen molar-refractivity contribution in [2.24, 2.45) is 0 Å². The number of aryl methyl sites for hydroxylation is 1.